The van der Waals surface area contributed by atoms with E-state index in [-0.39, 0.29) is 5.97 Å². The number of unbranched alkanes of at least 4 members (excludes halogenated alkanes) is 1. The maximum Gasteiger partial charge on any atom is 0.341 e. The van der Waals surface area contributed by atoms with Crippen molar-refractivity contribution in [3.05, 3.63) is 77.9 Å². The van der Waals surface area contributed by atoms with Crippen LogP contribution in [0.15, 0.2) is 60.9 Å². The molecule has 0 saturated heterocycles. The molecule has 0 bridgehead atoms. The summed E-state index contributed by atoms with van der Waals surface area (Å²) in [5, 5.41) is 12.7. The van der Waals surface area contributed by atoms with Crippen molar-refractivity contribution in [1.29, 1.82) is 0 Å². The molecule has 186 valence electrons. The van der Waals surface area contributed by atoms with Crippen LogP contribution in [0.3, 0.4) is 0 Å². The Hall–Kier alpha value is -3.94. The Morgan fingerprint density at radius 3 is 2.64 bits per heavy atom. The van der Waals surface area contributed by atoms with Gasteiger partial charge in [0.1, 0.15) is 11.3 Å². The van der Waals surface area contributed by atoms with Crippen LogP contribution in [0.4, 0.5) is 0 Å². The monoisotopic (exact) mass is 485 g/mol. The van der Waals surface area contributed by atoms with E-state index in [1.807, 2.05) is 49.1 Å². The lowest BCUT2D eigenvalue weighted by Crippen LogP contribution is -2.09. The highest BCUT2D eigenvalue weighted by Gasteiger charge is 2.33. The van der Waals surface area contributed by atoms with Gasteiger partial charge in [-0.3, -0.25) is 4.68 Å². The van der Waals surface area contributed by atoms with Crippen LogP contribution in [-0.4, -0.2) is 44.0 Å². The molecule has 0 spiro atoms. The highest BCUT2D eigenvalue weighted by molar-refractivity contribution is 5.91. The van der Waals surface area contributed by atoms with Crippen LogP contribution >= 0.6 is 0 Å². The zero-order valence-corrected chi connectivity index (χ0v) is 20.8. The number of ether oxygens (including phenoxy) is 2. The zero-order valence-electron chi connectivity index (χ0n) is 20.8. The second-order valence-corrected chi connectivity index (χ2v) is 9.12. The predicted octanol–water partition coefficient (Wildman–Crippen LogP) is 5.12. The Balaban J connectivity index is 1.27. The van der Waals surface area contributed by atoms with E-state index < -0.39 is 0 Å². The second-order valence-electron chi connectivity index (χ2n) is 9.12. The quantitative estimate of drug-likeness (QED) is 0.216. The predicted molar refractivity (Wildman–Crippen MR) is 136 cm³/mol. The molecule has 0 unspecified atom stereocenters. The average Bonchev–Trinajstić information content (AvgIpc) is 3.49. The van der Waals surface area contributed by atoms with Crippen molar-refractivity contribution in [2.75, 3.05) is 13.2 Å². The van der Waals surface area contributed by atoms with Crippen LogP contribution in [0.5, 0.6) is 5.75 Å². The number of rotatable bonds is 11. The van der Waals surface area contributed by atoms with Crippen LogP contribution in [0.2, 0.25) is 0 Å². The van der Waals surface area contributed by atoms with Gasteiger partial charge in [-0.25, -0.2) is 9.48 Å². The van der Waals surface area contributed by atoms with Gasteiger partial charge in [0.15, 0.2) is 0 Å². The standard InChI is InChI=1S/C28H31N5O3/c1-3-35-28(34)26-18-29-33(27(26)20-13-14-20)24-11-6-8-21(16-24)22-9-7-12-25(17-22)36-15-5-4-10-23-19-32(2)31-30-23/h6-9,11-12,16-20H,3-5,10,13-15H2,1-2H3. The van der Waals surface area contributed by atoms with Gasteiger partial charge in [-0.2, -0.15) is 5.10 Å². The third-order valence-corrected chi connectivity index (χ3v) is 6.27. The summed E-state index contributed by atoms with van der Waals surface area (Å²) >= 11 is 0. The smallest absolute Gasteiger partial charge is 0.341 e. The van der Waals surface area contributed by atoms with Crippen molar-refractivity contribution in [2.45, 2.75) is 44.9 Å². The zero-order chi connectivity index (χ0) is 24.9. The van der Waals surface area contributed by atoms with Crippen molar-refractivity contribution < 1.29 is 14.3 Å². The third kappa shape index (κ3) is 5.48. The van der Waals surface area contributed by atoms with Crippen LogP contribution in [0.25, 0.3) is 16.8 Å². The molecule has 2 aromatic heterocycles. The summed E-state index contributed by atoms with van der Waals surface area (Å²) in [7, 11) is 1.88. The summed E-state index contributed by atoms with van der Waals surface area (Å²) < 4.78 is 14.9. The van der Waals surface area contributed by atoms with Crippen molar-refractivity contribution in [3.8, 4) is 22.6 Å². The Kier molecular flexibility index (Phi) is 7.11. The van der Waals surface area contributed by atoms with E-state index in [9.17, 15) is 4.79 Å². The summed E-state index contributed by atoms with van der Waals surface area (Å²) in [4.78, 5) is 12.5. The number of hydrogen-bond donors (Lipinski definition) is 0. The number of aromatic nitrogens is 5. The molecule has 5 rings (SSSR count). The highest BCUT2D eigenvalue weighted by Crippen LogP contribution is 2.43. The number of carbonyl (C=O) groups excluding carboxylic acids is 1. The summed E-state index contributed by atoms with van der Waals surface area (Å²) in [5.74, 6) is 0.893. The Bertz CT molecular complexity index is 1340. The van der Waals surface area contributed by atoms with Gasteiger partial charge in [-0.1, -0.05) is 29.5 Å². The number of nitrogens with zero attached hydrogens (tertiary/aromatic N) is 5. The van der Waals surface area contributed by atoms with Gasteiger partial charge in [0.25, 0.3) is 0 Å². The fourth-order valence-corrected chi connectivity index (χ4v) is 4.37. The van der Waals surface area contributed by atoms with E-state index in [4.69, 9.17) is 9.47 Å². The normalized spacial score (nSPS) is 13.1. The average molecular weight is 486 g/mol. The molecule has 2 aromatic carbocycles. The van der Waals surface area contributed by atoms with Crippen molar-refractivity contribution >= 4 is 5.97 Å². The minimum Gasteiger partial charge on any atom is -0.494 e. The first-order chi connectivity index (χ1) is 17.6. The van der Waals surface area contributed by atoms with Crippen molar-refractivity contribution in [1.82, 2.24) is 24.8 Å². The molecule has 0 aliphatic heterocycles. The highest BCUT2D eigenvalue weighted by atomic mass is 16.5. The minimum atomic E-state index is -0.302. The minimum absolute atomic E-state index is 0.302. The molecule has 0 N–H and O–H groups in total. The van der Waals surface area contributed by atoms with Gasteiger partial charge in [-0.05, 0) is 74.4 Å². The SMILES string of the molecule is CCOC(=O)c1cnn(-c2cccc(-c3cccc(OCCCCc4cn(C)nn4)c3)c2)c1C1CC1. The molecule has 4 aromatic rings. The first kappa shape index (κ1) is 23.8. The first-order valence-electron chi connectivity index (χ1n) is 12.6. The van der Waals surface area contributed by atoms with E-state index in [1.54, 1.807) is 10.9 Å². The molecule has 1 fully saturated rings. The maximum atomic E-state index is 12.5. The summed E-state index contributed by atoms with van der Waals surface area (Å²) in [6, 6.07) is 16.4. The van der Waals surface area contributed by atoms with E-state index >= 15 is 0 Å². The molecule has 36 heavy (non-hydrogen) atoms. The van der Waals surface area contributed by atoms with E-state index in [2.05, 4.69) is 39.7 Å². The first-order valence-corrected chi connectivity index (χ1v) is 12.6. The maximum absolute atomic E-state index is 12.5. The molecule has 0 amide bonds. The Labute approximate surface area is 210 Å². The number of carbonyl (C=O) groups is 1. The van der Waals surface area contributed by atoms with E-state index in [1.165, 1.54) is 0 Å². The van der Waals surface area contributed by atoms with Gasteiger partial charge in [-0.15, -0.1) is 5.10 Å². The van der Waals surface area contributed by atoms with Crippen molar-refractivity contribution in [3.63, 3.8) is 0 Å². The second kappa shape index (κ2) is 10.8. The van der Waals surface area contributed by atoms with Crippen LogP contribution in [0, 0.1) is 0 Å². The topological polar surface area (TPSA) is 84.1 Å². The fraction of sp³-hybridized carbons (Fsp3) is 0.357. The summed E-state index contributed by atoms with van der Waals surface area (Å²) in [6.07, 6.45) is 8.57. The lowest BCUT2D eigenvalue weighted by Gasteiger charge is -2.12. The summed E-state index contributed by atoms with van der Waals surface area (Å²) in [5.41, 5.74) is 5.59. The largest absolute Gasteiger partial charge is 0.494 e. The molecule has 0 atom stereocenters. The molecule has 1 aliphatic carbocycles. The molecule has 1 aliphatic rings. The van der Waals surface area contributed by atoms with Gasteiger partial charge in [0.2, 0.25) is 0 Å². The van der Waals surface area contributed by atoms with Gasteiger partial charge >= 0.3 is 5.97 Å². The molecule has 8 heteroatoms. The number of benzene rings is 2. The molecular formula is C28H31N5O3. The van der Waals surface area contributed by atoms with Gasteiger partial charge in [0.05, 0.1) is 36.5 Å². The lowest BCUT2D eigenvalue weighted by atomic mass is 10.0. The number of hydrogen-bond acceptors (Lipinski definition) is 6. The van der Waals surface area contributed by atoms with Crippen molar-refractivity contribution in [2.24, 2.45) is 7.05 Å². The van der Waals surface area contributed by atoms with Crippen LogP contribution < -0.4 is 4.74 Å². The molecular weight excluding hydrogens is 454 g/mol. The molecule has 0 radical (unpaired) electrons. The lowest BCUT2D eigenvalue weighted by molar-refractivity contribution is 0.0525. The summed E-state index contributed by atoms with van der Waals surface area (Å²) in [6.45, 7) is 2.82. The Morgan fingerprint density at radius 2 is 1.89 bits per heavy atom. The van der Waals surface area contributed by atoms with Crippen LogP contribution in [-0.2, 0) is 18.2 Å². The van der Waals surface area contributed by atoms with E-state index in [0.29, 0.717) is 24.7 Å². The van der Waals surface area contributed by atoms with Gasteiger partial charge in [0, 0.05) is 19.2 Å². The number of aryl methyl sites for hydroxylation is 2. The Morgan fingerprint density at radius 1 is 1.08 bits per heavy atom. The molecule has 1 saturated carbocycles. The van der Waals surface area contributed by atoms with Gasteiger partial charge < -0.3 is 9.47 Å². The molecule has 2 heterocycles. The fourth-order valence-electron chi connectivity index (χ4n) is 4.37. The van der Waals surface area contributed by atoms with E-state index in [0.717, 1.165) is 66.1 Å². The third-order valence-electron chi connectivity index (χ3n) is 6.27. The number of esters is 1. The van der Waals surface area contributed by atoms with Crippen LogP contribution in [0.1, 0.15) is 60.3 Å². The molecule has 8 nitrogen and oxygen atoms in total.